The number of hydrogen-bond donors (Lipinski definition) is 0. The highest BCUT2D eigenvalue weighted by Gasteiger charge is 2.21. The summed E-state index contributed by atoms with van der Waals surface area (Å²) in [5, 5.41) is 0. The fourth-order valence-corrected chi connectivity index (χ4v) is 2.77. The van der Waals surface area contributed by atoms with Crippen LogP contribution in [0.1, 0.15) is 33.1 Å². The molecule has 0 aliphatic carbocycles. The van der Waals surface area contributed by atoms with E-state index in [1.807, 2.05) is 0 Å². The molecule has 0 saturated carbocycles. The van der Waals surface area contributed by atoms with Gasteiger partial charge in [0.2, 0.25) is 0 Å². The van der Waals surface area contributed by atoms with E-state index < -0.39 is 0 Å². The zero-order valence-corrected chi connectivity index (χ0v) is 12.8. The molecule has 0 aliphatic rings. The average molecular weight is 478 g/mol. The van der Waals surface area contributed by atoms with Gasteiger partial charge in [0.15, 0.2) is 0 Å². The van der Waals surface area contributed by atoms with Crippen LogP contribution in [-0.4, -0.2) is -0.565 Å². The predicted molar refractivity (Wildman–Crippen MR) is 73.5 cm³/mol. The van der Waals surface area contributed by atoms with Gasteiger partial charge in [-0.2, -0.15) is 0 Å². The van der Waals surface area contributed by atoms with Crippen molar-refractivity contribution in [3.63, 3.8) is 0 Å². The molecule has 0 aromatic carbocycles. The first kappa shape index (κ1) is 12.2. The Labute approximate surface area is 105 Å². The van der Waals surface area contributed by atoms with Crippen LogP contribution >= 0.6 is 67.8 Å². The van der Waals surface area contributed by atoms with Crippen LogP contribution in [0.2, 0.25) is 0 Å². The van der Waals surface area contributed by atoms with Crippen LogP contribution in [0.5, 0.6) is 0 Å². The molecule has 0 N–H and O–H groups in total. The number of hydrogen-bond acceptors (Lipinski definition) is 0. The minimum Gasteiger partial charge on any atom is -0.0651 e. The standard InChI is InChI=1S/C7H13I3/c1-3-6(4-2)5-7(8,9)10/h6H,3-5H2,1-2H3. The molecule has 62 valence electrons. The summed E-state index contributed by atoms with van der Waals surface area (Å²) in [5.74, 6) is 0.922. The highest BCUT2D eigenvalue weighted by atomic mass is 127. The van der Waals surface area contributed by atoms with Crippen molar-refractivity contribution in [3.8, 4) is 0 Å². The summed E-state index contributed by atoms with van der Waals surface area (Å²) < 4.78 is 0.434. The molecule has 10 heavy (non-hydrogen) atoms. The molecule has 0 radical (unpaired) electrons. The molecule has 0 saturated heterocycles. The zero-order chi connectivity index (χ0) is 8.20. The van der Waals surface area contributed by atoms with Gasteiger partial charge in [-0.3, -0.25) is 0 Å². The third-order valence-corrected chi connectivity index (χ3v) is 3.00. The van der Waals surface area contributed by atoms with Crippen molar-refractivity contribution in [1.29, 1.82) is 0 Å². The van der Waals surface area contributed by atoms with Gasteiger partial charge in [0, 0.05) is 0 Å². The van der Waals surface area contributed by atoms with E-state index in [4.69, 9.17) is 0 Å². The van der Waals surface area contributed by atoms with Gasteiger partial charge in [-0.1, -0.05) is 94.5 Å². The molecular weight excluding hydrogens is 465 g/mol. The van der Waals surface area contributed by atoms with Gasteiger partial charge < -0.3 is 0 Å². The van der Waals surface area contributed by atoms with Crippen molar-refractivity contribution in [2.45, 2.75) is 32.5 Å². The van der Waals surface area contributed by atoms with Gasteiger partial charge in [0.25, 0.3) is 0 Å². The fourth-order valence-electron chi connectivity index (χ4n) is 0.905. The van der Waals surface area contributed by atoms with E-state index in [-0.39, 0.29) is 0 Å². The van der Waals surface area contributed by atoms with E-state index in [0.29, 0.717) is -0.565 Å². The normalized spacial score (nSPS) is 12.6. The second-order valence-corrected chi connectivity index (χ2v) is 14.2. The minimum absolute atomic E-state index is 0.434. The van der Waals surface area contributed by atoms with Crippen LogP contribution < -0.4 is 0 Å². The Bertz CT molecular complexity index is 81.3. The first-order valence-corrected chi connectivity index (χ1v) is 6.80. The average Bonchev–Trinajstić information content (AvgIpc) is 1.81. The second kappa shape index (κ2) is 5.77. The lowest BCUT2D eigenvalue weighted by atomic mass is 10.0. The van der Waals surface area contributed by atoms with E-state index in [0.717, 1.165) is 5.92 Å². The molecule has 0 aromatic rings. The summed E-state index contributed by atoms with van der Waals surface area (Å²) in [5.41, 5.74) is 0. The SMILES string of the molecule is CCC(CC)CC(I)(I)I. The molecule has 3 heteroatoms. The Kier molecular flexibility index (Phi) is 7.03. The maximum atomic E-state index is 2.51. The van der Waals surface area contributed by atoms with Gasteiger partial charge in [-0.15, -0.1) is 0 Å². The van der Waals surface area contributed by atoms with Gasteiger partial charge in [-0.05, 0) is 12.3 Å². The zero-order valence-electron chi connectivity index (χ0n) is 6.33. The lowest BCUT2D eigenvalue weighted by Gasteiger charge is -2.18. The predicted octanol–water partition coefficient (Wildman–Crippen LogP) is 4.77. The molecule has 0 rings (SSSR count). The molecule has 0 heterocycles. The largest absolute Gasteiger partial charge is 0.124 e. The number of halogens is 3. The quantitative estimate of drug-likeness (QED) is 0.404. The molecule has 0 nitrogen and oxygen atoms in total. The molecular formula is C7H13I3. The van der Waals surface area contributed by atoms with E-state index in [9.17, 15) is 0 Å². The van der Waals surface area contributed by atoms with Crippen molar-refractivity contribution in [2.24, 2.45) is 5.92 Å². The van der Waals surface area contributed by atoms with Crippen molar-refractivity contribution in [3.05, 3.63) is 0 Å². The summed E-state index contributed by atoms with van der Waals surface area (Å²) in [6.07, 6.45) is 3.99. The highest BCUT2D eigenvalue weighted by Crippen LogP contribution is 2.42. The molecule has 0 amide bonds. The van der Waals surface area contributed by atoms with Crippen molar-refractivity contribution in [2.75, 3.05) is 0 Å². The Morgan fingerprint density at radius 1 is 1.10 bits per heavy atom. The van der Waals surface area contributed by atoms with Crippen molar-refractivity contribution < 1.29 is 0 Å². The Hall–Kier alpha value is 2.19. The molecule has 0 aromatic heterocycles. The second-order valence-electron chi connectivity index (χ2n) is 2.50. The van der Waals surface area contributed by atoms with Crippen LogP contribution in [0.15, 0.2) is 0 Å². The van der Waals surface area contributed by atoms with Crippen LogP contribution in [-0.2, 0) is 0 Å². The number of rotatable bonds is 4. The summed E-state index contributed by atoms with van der Waals surface area (Å²) in [6.45, 7) is 4.56. The smallest absolute Gasteiger partial charge is 0.0651 e. The first-order chi connectivity index (χ1) is 4.49. The molecule has 0 atom stereocenters. The Balaban J connectivity index is 3.63. The van der Waals surface area contributed by atoms with E-state index in [1.165, 1.54) is 19.3 Å². The van der Waals surface area contributed by atoms with Gasteiger partial charge >= 0.3 is 0 Å². The maximum absolute atomic E-state index is 2.51. The van der Waals surface area contributed by atoms with Crippen LogP contribution in [0.4, 0.5) is 0 Å². The summed E-state index contributed by atoms with van der Waals surface area (Å²) in [4.78, 5) is 0. The lowest BCUT2D eigenvalue weighted by molar-refractivity contribution is 0.478. The van der Waals surface area contributed by atoms with Gasteiger partial charge in [0.05, 0.1) is 0 Å². The topological polar surface area (TPSA) is 0 Å². The fraction of sp³-hybridized carbons (Fsp3) is 1.00. The summed E-state index contributed by atoms with van der Waals surface area (Å²) >= 11 is 7.54. The molecule has 0 fully saturated rings. The number of alkyl halides is 3. The van der Waals surface area contributed by atoms with Gasteiger partial charge in [0.1, 0.15) is -0.565 Å². The molecule has 0 bridgehead atoms. The van der Waals surface area contributed by atoms with E-state index in [1.54, 1.807) is 0 Å². The van der Waals surface area contributed by atoms with Crippen molar-refractivity contribution in [1.82, 2.24) is 0 Å². The monoisotopic (exact) mass is 478 g/mol. The summed E-state index contributed by atoms with van der Waals surface area (Å²) in [6, 6.07) is 0. The molecule has 0 spiro atoms. The van der Waals surface area contributed by atoms with Gasteiger partial charge in [-0.25, -0.2) is 0 Å². The third kappa shape index (κ3) is 6.87. The first-order valence-electron chi connectivity index (χ1n) is 3.56. The lowest BCUT2D eigenvalue weighted by Crippen LogP contribution is -2.08. The van der Waals surface area contributed by atoms with Crippen LogP contribution in [0, 0.1) is 5.92 Å². The van der Waals surface area contributed by atoms with Crippen LogP contribution in [0.25, 0.3) is 0 Å². The summed E-state index contributed by atoms with van der Waals surface area (Å²) in [7, 11) is 0. The van der Waals surface area contributed by atoms with E-state index >= 15 is 0 Å². The molecule has 0 unspecified atom stereocenters. The van der Waals surface area contributed by atoms with E-state index in [2.05, 4.69) is 81.6 Å². The molecule has 0 aliphatic heterocycles. The minimum atomic E-state index is 0.434. The highest BCUT2D eigenvalue weighted by molar-refractivity contribution is 14.3. The Morgan fingerprint density at radius 3 is 1.60 bits per heavy atom. The third-order valence-electron chi connectivity index (χ3n) is 1.67. The van der Waals surface area contributed by atoms with Crippen LogP contribution in [0.3, 0.4) is 0 Å². The van der Waals surface area contributed by atoms with Crippen molar-refractivity contribution >= 4 is 67.8 Å². The maximum Gasteiger partial charge on any atom is 0.124 e. The Morgan fingerprint density at radius 2 is 1.50 bits per heavy atom.